The van der Waals surface area contributed by atoms with Crippen molar-refractivity contribution in [3.05, 3.63) is 59.2 Å². The van der Waals surface area contributed by atoms with Gasteiger partial charge in [0.05, 0.1) is 18.1 Å². The van der Waals surface area contributed by atoms with Gasteiger partial charge in [0, 0.05) is 43.9 Å². The molecule has 0 saturated carbocycles. The molecule has 2 fully saturated rings. The van der Waals surface area contributed by atoms with E-state index in [2.05, 4.69) is 5.32 Å². The second-order valence-electron chi connectivity index (χ2n) is 8.07. The summed E-state index contributed by atoms with van der Waals surface area (Å²) in [5.41, 5.74) is 2.36. The van der Waals surface area contributed by atoms with Crippen molar-refractivity contribution >= 4 is 27.5 Å². The van der Waals surface area contributed by atoms with Crippen LogP contribution in [-0.2, 0) is 26.1 Å². The summed E-state index contributed by atoms with van der Waals surface area (Å²) in [6.45, 7) is 4.31. The predicted octanol–water partition coefficient (Wildman–Crippen LogP) is 2.39. The lowest BCUT2D eigenvalue weighted by molar-refractivity contribution is -0.128. The zero-order valence-corrected chi connectivity index (χ0v) is 18.9. The first-order valence-electron chi connectivity index (χ1n) is 10.7. The van der Waals surface area contributed by atoms with Crippen LogP contribution in [0.1, 0.15) is 34.3 Å². The smallest absolute Gasteiger partial charge is 0.255 e. The molecule has 0 atom stereocenters. The van der Waals surface area contributed by atoms with Gasteiger partial charge in [-0.3, -0.25) is 9.59 Å². The molecule has 2 aliphatic heterocycles. The van der Waals surface area contributed by atoms with E-state index in [4.69, 9.17) is 4.74 Å². The van der Waals surface area contributed by atoms with Gasteiger partial charge in [0.25, 0.3) is 5.91 Å². The fourth-order valence-corrected chi connectivity index (χ4v) is 5.65. The van der Waals surface area contributed by atoms with E-state index in [1.165, 1.54) is 10.4 Å². The number of likely N-dealkylation sites (tertiary alicyclic amines) is 1. The lowest BCUT2D eigenvalue weighted by Gasteiger charge is -2.26. The largest absolute Gasteiger partial charge is 0.379 e. The minimum Gasteiger partial charge on any atom is -0.379 e. The van der Waals surface area contributed by atoms with E-state index >= 15 is 0 Å². The molecular formula is C23H27N3O5S. The number of carbonyl (C=O) groups is 2. The van der Waals surface area contributed by atoms with Gasteiger partial charge in [0.1, 0.15) is 0 Å². The number of aryl methyl sites for hydroxylation is 1. The summed E-state index contributed by atoms with van der Waals surface area (Å²) >= 11 is 0. The molecule has 9 heteroatoms. The third-order valence-electron chi connectivity index (χ3n) is 5.77. The fourth-order valence-electron chi connectivity index (χ4n) is 3.99. The molecule has 4 rings (SSSR count). The molecule has 0 bridgehead atoms. The van der Waals surface area contributed by atoms with E-state index in [0.717, 1.165) is 18.5 Å². The molecule has 0 unspecified atom stereocenters. The number of benzene rings is 2. The number of nitrogens with one attached hydrogen (secondary N) is 1. The summed E-state index contributed by atoms with van der Waals surface area (Å²) in [5, 5.41) is 2.80. The van der Waals surface area contributed by atoms with Crippen molar-refractivity contribution in [3.8, 4) is 0 Å². The Balaban J connectivity index is 1.51. The van der Waals surface area contributed by atoms with E-state index in [9.17, 15) is 18.0 Å². The minimum atomic E-state index is -3.68. The second kappa shape index (κ2) is 9.40. The number of carbonyl (C=O) groups excluding carboxylic acids is 2. The van der Waals surface area contributed by atoms with Crippen LogP contribution in [0.2, 0.25) is 0 Å². The van der Waals surface area contributed by atoms with Crippen molar-refractivity contribution in [2.75, 3.05) is 38.2 Å². The van der Waals surface area contributed by atoms with E-state index in [1.807, 2.05) is 6.07 Å². The highest BCUT2D eigenvalue weighted by Gasteiger charge is 2.28. The standard InChI is InChI=1S/C23H27N3O5S/c1-17-7-8-20(15-21(17)32(29,30)26-10-12-31-13-11-26)24-23(28)19-5-2-4-18(14-19)16-25-9-3-6-22(25)27/h2,4-5,7-8,14-15H,3,6,9-13,16H2,1H3,(H,24,28). The van der Waals surface area contributed by atoms with Crippen LogP contribution < -0.4 is 5.32 Å². The summed E-state index contributed by atoms with van der Waals surface area (Å²) in [6.07, 6.45) is 1.44. The average molecular weight is 458 g/mol. The molecule has 170 valence electrons. The monoisotopic (exact) mass is 457 g/mol. The molecule has 2 amide bonds. The maximum absolute atomic E-state index is 13.1. The molecule has 0 radical (unpaired) electrons. The Bertz CT molecular complexity index is 1130. The summed E-state index contributed by atoms with van der Waals surface area (Å²) in [6, 6.07) is 12.0. The second-order valence-corrected chi connectivity index (χ2v) is 9.98. The summed E-state index contributed by atoms with van der Waals surface area (Å²) in [7, 11) is -3.68. The van der Waals surface area contributed by atoms with E-state index in [0.29, 0.717) is 56.1 Å². The molecule has 0 aliphatic carbocycles. The van der Waals surface area contributed by atoms with Crippen molar-refractivity contribution in [1.82, 2.24) is 9.21 Å². The minimum absolute atomic E-state index is 0.133. The number of hydrogen-bond donors (Lipinski definition) is 1. The third kappa shape index (κ3) is 4.85. The van der Waals surface area contributed by atoms with Crippen molar-refractivity contribution in [3.63, 3.8) is 0 Å². The molecule has 8 nitrogen and oxygen atoms in total. The molecule has 2 saturated heterocycles. The Morgan fingerprint density at radius 3 is 2.59 bits per heavy atom. The highest BCUT2D eigenvalue weighted by atomic mass is 32.2. The quantitative estimate of drug-likeness (QED) is 0.719. The molecule has 32 heavy (non-hydrogen) atoms. The zero-order chi connectivity index (χ0) is 22.7. The average Bonchev–Trinajstić information content (AvgIpc) is 3.20. The van der Waals surface area contributed by atoms with Crippen LogP contribution in [0.3, 0.4) is 0 Å². The van der Waals surface area contributed by atoms with Gasteiger partial charge in [-0.2, -0.15) is 4.31 Å². The molecular weight excluding hydrogens is 430 g/mol. The number of anilines is 1. The number of amides is 2. The topological polar surface area (TPSA) is 96.0 Å². The number of nitrogens with zero attached hydrogens (tertiary/aromatic N) is 2. The maximum Gasteiger partial charge on any atom is 0.255 e. The van der Waals surface area contributed by atoms with Gasteiger partial charge >= 0.3 is 0 Å². The summed E-state index contributed by atoms with van der Waals surface area (Å²) in [4.78, 5) is 26.7. The van der Waals surface area contributed by atoms with Crippen LogP contribution in [0.15, 0.2) is 47.4 Å². The van der Waals surface area contributed by atoms with E-state index < -0.39 is 10.0 Å². The van der Waals surface area contributed by atoms with Gasteiger partial charge in [-0.1, -0.05) is 18.2 Å². The highest BCUT2D eigenvalue weighted by Crippen LogP contribution is 2.25. The van der Waals surface area contributed by atoms with Gasteiger partial charge in [-0.05, 0) is 48.7 Å². The first-order chi connectivity index (χ1) is 15.3. The van der Waals surface area contributed by atoms with E-state index in [1.54, 1.807) is 42.2 Å². The Hall–Kier alpha value is -2.75. The predicted molar refractivity (Wildman–Crippen MR) is 120 cm³/mol. The molecule has 2 aromatic rings. The summed E-state index contributed by atoms with van der Waals surface area (Å²) < 4.78 is 32.8. The van der Waals surface area contributed by atoms with Crippen LogP contribution in [0.25, 0.3) is 0 Å². The Labute approximate surface area is 188 Å². The molecule has 0 spiro atoms. The van der Waals surface area contributed by atoms with Gasteiger partial charge in [-0.25, -0.2) is 8.42 Å². The van der Waals surface area contributed by atoms with Gasteiger partial charge in [0.15, 0.2) is 0 Å². The van der Waals surface area contributed by atoms with Crippen molar-refractivity contribution in [1.29, 1.82) is 0 Å². The molecule has 2 aliphatic rings. The molecule has 1 N–H and O–H groups in total. The Morgan fingerprint density at radius 2 is 1.88 bits per heavy atom. The Kier molecular flexibility index (Phi) is 6.59. The van der Waals surface area contributed by atoms with Crippen LogP contribution in [0.4, 0.5) is 5.69 Å². The van der Waals surface area contributed by atoms with Gasteiger partial charge in [0.2, 0.25) is 15.9 Å². The van der Waals surface area contributed by atoms with Crippen LogP contribution in [-0.4, -0.2) is 62.3 Å². The van der Waals surface area contributed by atoms with Crippen molar-refractivity contribution in [2.45, 2.75) is 31.2 Å². The van der Waals surface area contributed by atoms with Gasteiger partial charge in [-0.15, -0.1) is 0 Å². The number of sulfonamides is 1. The SMILES string of the molecule is Cc1ccc(NC(=O)c2cccc(CN3CCCC3=O)c2)cc1S(=O)(=O)N1CCOCC1. The molecule has 2 aromatic carbocycles. The number of morpholine rings is 1. The van der Waals surface area contributed by atoms with Crippen LogP contribution in [0, 0.1) is 6.92 Å². The lowest BCUT2D eigenvalue weighted by Crippen LogP contribution is -2.40. The van der Waals surface area contributed by atoms with Crippen molar-refractivity contribution < 1.29 is 22.7 Å². The number of rotatable bonds is 6. The normalized spacial score (nSPS) is 17.5. The van der Waals surface area contributed by atoms with Crippen molar-refractivity contribution in [2.24, 2.45) is 0 Å². The number of hydrogen-bond acceptors (Lipinski definition) is 5. The molecule has 2 heterocycles. The third-order valence-corrected chi connectivity index (χ3v) is 7.81. The fraction of sp³-hybridized carbons (Fsp3) is 0.391. The van der Waals surface area contributed by atoms with Gasteiger partial charge < -0.3 is 15.0 Å². The highest BCUT2D eigenvalue weighted by molar-refractivity contribution is 7.89. The maximum atomic E-state index is 13.1. The molecule has 0 aromatic heterocycles. The number of ether oxygens (including phenoxy) is 1. The zero-order valence-electron chi connectivity index (χ0n) is 18.0. The van der Waals surface area contributed by atoms with E-state index in [-0.39, 0.29) is 16.7 Å². The first-order valence-corrected chi connectivity index (χ1v) is 12.2. The van der Waals surface area contributed by atoms with Crippen LogP contribution >= 0.6 is 0 Å². The first kappa shape index (κ1) is 22.4. The lowest BCUT2D eigenvalue weighted by atomic mass is 10.1. The van der Waals surface area contributed by atoms with Crippen LogP contribution in [0.5, 0.6) is 0 Å². The summed E-state index contributed by atoms with van der Waals surface area (Å²) in [5.74, 6) is -0.202. The Morgan fingerprint density at radius 1 is 1.09 bits per heavy atom.